The van der Waals surface area contributed by atoms with Crippen LogP contribution in [0.5, 0.6) is 0 Å². The fraction of sp³-hybridized carbons (Fsp3) is 0.176. The van der Waals surface area contributed by atoms with Crippen molar-refractivity contribution in [3.05, 3.63) is 42.1 Å². The van der Waals surface area contributed by atoms with Crippen LogP contribution in [-0.4, -0.2) is 52.6 Å². The smallest absolute Gasteiger partial charge is 0.241 e. The van der Waals surface area contributed by atoms with Crippen molar-refractivity contribution in [3.63, 3.8) is 0 Å². The zero-order valence-electron chi connectivity index (χ0n) is 16.0. The molecule has 1 aliphatic heterocycles. The molecule has 2 aromatic carbocycles. The van der Waals surface area contributed by atoms with Crippen molar-refractivity contribution < 1.29 is 16.8 Å². The van der Waals surface area contributed by atoms with Crippen molar-refractivity contribution in [2.24, 2.45) is 26.1 Å². The van der Waals surface area contributed by atoms with Gasteiger partial charge in [0, 0.05) is 24.0 Å². The van der Waals surface area contributed by atoms with E-state index in [1.54, 1.807) is 18.3 Å². The molecular weight excluding hydrogens is 444 g/mol. The number of para-hydroxylation sites is 1. The van der Waals surface area contributed by atoms with Crippen molar-refractivity contribution >= 4 is 36.8 Å². The third kappa shape index (κ3) is 3.86. The number of sulfonamides is 2. The van der Waals surface area contributed by atoms with E-state index in [9.17, 15) is 16.8 Å². The Bertz CT molecular complexity index is 1440. The molecule has 12 nitrogen and oxygen atoms in total. The molecule has 0 radical (unpaired) electrons. The summed E-state index contributed by atoms with van der Waals surface area (Å²) in [4.78, 5) is 2.98. The van der Waals surface area contributed by atoms with Gasteiger partial charge in [-0.15, -0.1) is 5.11 Å². The number of primary sulfonamides is 1. The van der Waals surface area contributed by atoms with Crippen LogP contribution in [0.15, 0.2) is 61.5 Å². The quantitative estimate of drug-likeness (QED) is 0.389. The normalized spacial score (nSPS) is 14.3. The first-order chi connectivity index (χ1) is 14.7. The van der Waals surface area contributed by atoms with Crippen molar-refractivity contribution in [1.29, 1.82) is 0 Å². The highest BCUT2D eigenvalue weighted by atomic mass is 32.2. The first-order valence-corrected chi connectivity index (χ1v) is 12.0. The van der Waals surface area contributed by atoms with E-state index >= 15 is 0 Å². The minimum absolute atomic E-state index is 0.0184. The number of nitrogens with zero attached hydrogens (tertiary/aromatic N) is 4. The van der Waals surface area contributed by atoms with Crippen LogP contribution in [0.4, 0.5) is 0 Å². The molecule has 0 amide bonds. The van der Waals surface area contributed by atoms with Crippen molar-refractivity contribution in [2.75, 3.05) is 19.8 Å². The lowest BCUT2D eigenvalue weighted by Crippen LogP contribution is -2.31. The third-order valence-corrected chi connectivity index (χ3v) is 7.20. The lowest BCUT2D eigenvalue weighted by Gasteiger charge is -2.17. The van der Waals surface area contributed by atoms with Crippen LogP contribution in [0.3, 0.4) is 0 Å². The predicted molar refractivity (Wildman–Crippen MR) is 113 cm³/mol. The van der Waals surface area contributed by atoms with E-state index in [-0.39, 0.29) is 31.2 Å². The molecule has 0 fully saturated rings. The highest BCUT2D eigenvalue weighted by Crippen LogP contribution is 2.37. The number of amidine groups is 1. The topological polar surface area (TPSA) is 198 Å². The largest absolute Gasteiger partial charge is 0.329 e. The van der Waals surface area contributed by atoms with Crippen LogP contribution in [0.2, 0.25) is 0 Å². The number of H-pyrrole nitrogens is 1. The molecule has 0 saturated carbocycles. The molecule has 2 heterocycles. The number of aliphatic imine (C=N–C) groups is 1. The van der Waals surface area contributed by atoms with Gasteiger partial charge < -0.3 is 5.73 Å². The molecule has 0 atom stereocenters. The van der Waals surface area contributed by atoms with Crippen LogP contribution in [-0.2, 0) is 20.0 Å². The summed E-state index contributed by atoms with van der Waals surface area (Å²) in [7, 11) is -8.79. The van der Waals surface area contributed by atoms with Gasteiger partial charge in [-0.3, -0.25) is 5.10 Å². The number of hydrogen-bond acceptors (Lipinski definition) is 9. The minimum Gasteiger partial charge on any atom is -0.329 e. The number of benzene rings is 2. The fourth-order valence-electron chi connectivity index (χ4n) is 3.33. The Labute approximate surface area is 177 Å². The summed E-state index contributed by atoms with van der Waals surface area (Å²) < 4.78 is 53.3. The highest BCUT2D eigenvalue weighted by Gasteiger charge is 2.32. The van der Waals surface area contributed by atoms with Crippen LogP contribution < -0.4 is 15.6 Å². The number of nitrogens with two attached hydrogens (primary N) is 2. The van der Waals surface area contributed by atoms with E-state index in [0.717, 1.165) is 5.39 Å². The van der Waals surface area contributed by atoms with E-state index < -0.39 is 29.8 Å². The molecule has 14 heteroatoms. The van der Waals surface area contributed by atoms with E-state index in [2.05, 4.69) is 30.1 Å². The van der Waals surface area contributed by atoms with E-state index in [1.807, 2.05) is 6.07 Å². The maximum atomic E-state index is 12.8. The number of nitrogens with one attached hydrogen (secondary N) is 2. The highest BCUT2D eigenvalue weighted by molar-refractivity contribution is 7.92. The van der Waals surface area contributed by atoms with Gasteiger partial charge in [-0.2, -0.15) is 10.2 Å². The number of azo groups is 1. The van der Waals surface area contributed by atoms with E-state index in [0.29, 0.717) is 16.6 Å². The number of fused-ring (bicyclic) bond motifs is 1. The summed E-state index contributed by atoms with van der Waals surface area (Å²) in [6, 6.07) is 7.98. The Morgan fingerprint density at radius 2 is 1.90 bits per heavy atom. The molecule has 0 saturated heterocycles. The van der Waals surface area contributed by atoms with Crippen molar-refractivity contribution in [2.45, 2.75) is 9.79 Å². The molecule has 162 valence electrons. The Morgan fingerprint density at radius 1 is 1.10 bits per heavy atom. The summed E-state index contributed by atoms with van der Waals surface area (Å²) in [5.41, 5.74) is 6.88. The second kappa shape index (κ2) is 7.90. The van der Waals surface area contributed by atoms with Gasteiger partial charge in [0.25, 0.3) is 0 Å². The zero-order valence-corrected chi connectivity index (χ0v) is 17.6. The molecule has 3 aromatic rings. The molecule has 6 N–H and O–H groups in total. The lowest BCUT2D eigenvalue weighted by atomic mass is 9.97. The summed E-state index contributed by atoms with van der Waals surface area (Å²) in [5, 5.41) is 20.8. The van der Waals surface area contributed by atoms with Crippen molar-refractivity contribution in [3.8, 4) is 11.1 Å². The summed E-state index contributed by atoms with van der Waals surface area (Å²) in [5.74, 6) is -0.0357. The average Bonchev–Trinajstić information content (AvgIpc) is 3.42. The number of rotatable bonds is 7. The Morgan fingerprint density at radius 3 is 2.58 bits per heavy atom. The van der Waals surface area contributed by atoms with Crippen LogP contribution in [0, 0.1) is 0 Å². The van der Waals surface area contributed by atoms with Crippen molar-refractivity contribution in [1.82, 2.24) is 14.9 Å². The van der Waals surface area contributed by atoms with Gasteiger partial charge in [-0.1, -0.05) is 24.3 Å². The Hall–Kier alpha value is -3.04. The van der Waals surface area contributed by atoms with Gasteiger partial charge in [0.05, 0.1) is 17.3 Å². The fourth-order valence-corrected chi connectivity index (χ4v) is 5.97. The SMILES string of the molecule is NCCNS(=O)(=O)c1ccc(-c2cccc3cn[nH]c23)c(C2=NCN=N2)c1S(N)(=O)=O. The van der Waals surface area contributed by atoms with E-state index in [1.165, 1.54) is 12.1 Å². The maximum absolute atomic E-state index is 12.8. The minimum atomic E-state index is -4.54. The molecule has 4 rings (SSSR count). The predicted octanol–water partition coefficient (Wildman–Crippen LogP) is 0.284. The van der Waals surface area contributed by atoms with Gasteiger partial charge in [-0.25, -0.2) is 31.7 Å². The second-order valence-corrected chi connectivity index (χ2v) is 9.78. The maximum Gasteiger partial charge on any atom is 0.241 e. The molecule has 1 aromatic heterocycles. The summed E-state index contributed by atoms with van der Waals surface area (Å²) >= 11 is 0. The van der Waals surface area contributed by atoms with Gasteiger partial charge in [-0.05, 0) is 11.6 Å². The standard InChI is InChI=1S/C17H18N8O4S2/c18-6-7-23-31(28,29)13-5-4-11(12-3-1-2-10-8-21-24-15(10)12)14(16(13)30(19,26)27)17-20-9-22-25-17/h1-5,8,23H,6-7,9,18H2,(H,21,24)(H2,19,26,27). The Balaban J connectivity index is 2.11. The second-order valence-electron chi connectivity index (χ2n) is 6.55. The van der Waals surface area contributed by atoms with Crippen LogP contribution >= 0.6 is 0 Å². The average molecular weight is 463 g/mol. The summed E-state index contributed by atoms with van der Waals surface area (Å²) in [6.07, 6.45) is 1.61. The molecule has 0 unspecified atom stereocenters. The lowest BCUT2D eigenvalue weighted by molar-refractivity contribution is 0.573. The van der Waals surface area contributed by atoms with Crippen LogP contribution in [0.25, 0.3) is 22.0 Å². The Kier molecular flexibility index (Phi) is 5.40. The molecule has 0 bridgehead atoms. The van der Waals surface area contributed by atoms with Gasteiger partial charge in [0.15, 0.2) is 12.5 Å². The molecule has 0 spiro atoms. The molecule has 1 aliphatic rings. The number of hydrogen-bond donors (Lipinski definition) is 4. The molecule has 0 aliphatic carbocycles. The zero-order chi connectivity index (χ0) is 22.2. The van der Waals surface area contributed by atoms with Crippen LogP contribution in [0.1, 0.15) is 5.56 Å². The monoisotopic (exact) mass is 462 g/mol. The van der Waals surface area contributed by atoms with Gasteiger partial charge in [0.1, 0.15) is 9.79 Å². The van der Waals surface area contributed by atoms with Gasteiger partial charge >= 0.3 is 0 Å². The molecule has 31 heavy (non-hydrogen) atoms. The first kappa shape index (κ1) is 21.2. The van der Waals surface area contributed by atoms with Gasteiger partial charge in [0.2, 0.25) is 20.0 Å². The number of aromatic nitrogens is 2. The first-order valence-electron chi connectivity index (χ1n) is 8.98. The third-order valence-electron chi connectivity index (χ3n) is 4.57. The summed E-state index contributed by atoms with van der Waals surface area (Å²) in [6.45, 7) is -0.0787. The number of aromatic amines is 1. The van der Waals surface area contributed by atoms with E-state index in [4.69, 9.17) is 10.9 Å². The molecular formula is C17H18N8O4S2.